The number of rotatable bonds is 0. The van der Waals surface area contributed by atoms with Gasteiger partial charge in [0, 0.05) is 0 Å². The Kier molecular flexibility index (Phi) is 1.79. The van der Waals surface area contributed by atoms with E-state index in [0.717, 1.165) is 11.4 Å². The molecule has 1 aromatic carbocycles. The quantitative estimate of drug-likeness (QED) is 0.670. The molecule has 0 radical (unpaired) electrons. The molecule has 0 bridgehead atoms. The summed E-state index contributed by atoms with van der Waals surface area (Å²) in [5, 5.41) is 4.22. The maximum absolute atomic E-state index is 4.22. The Bertz CT molecular complexity index is 452. The second kappa shape index (κ2) is 2.98. The van der Waals surface area contributed by atoms with Crippen molar-refractivity contribution < 1.29 is 0 Å². The SMILES string of the molecule is c1ccc2c(c1)SCc1[se]nnc1-2. The summed E-state index contributed by atoms with van der Waals surface area (Å²) in [6.07, 6.45) is 0. The molecule has 0 N–H and O–H groups in total. The second-order valence-corrected chi connectivity index (χ2v) is 5.61. The van der Waals surface area contributed by atoms with E-state index < -0.39 is 0 Å². The predicted molar refractivity (Wildman–Crippen MR) is 54.0 cm³/mol. The van der Waals surface area contributed by atoms with Crippen LogP contribution in [0.15, 0.2) is 29.2 Å². The summed E-state index contributed by atoms with van der Waals surface area (Å²) in [7, 11) is 0. The van der Waals surface area contributed by atoms with E-state index in [1.807, 2.05) is 11.8 Å². The molecule has 0 aliphatic carbocycles. The van der Waals surface area contributed by atoms with Gasteiger partial charge in [0.25, 0.3) is 0 Å². The van der Waals surface area contributed by atoms with Crippen molar-refractivity contribution in [3.8, 4) is 11.3 Å². The zero-order chi connectivity index (χ0) is 8.67. The maximum atomic E-state index is 4.22. The van der Waals surface area contributed by atoms with Gasteiger partial charge in [0.05, 0.1) is 0 Å². The molecule has 3 rings (SSSR count). The van der Waals surface area contributed by atoms with Crippen LogP contribution in [0.5, 0.6) is 0 Å². The van der Waals surface area contributed by atoms with Crippen molar-refractivity contribution in [2.24, 2.45) is 0 Å². The molecule has 0 spiro atoms. The first-order chi connectivity index (χ1) is 6.45. The van der Waals surface area contributed by atoms with Crippen molar-refractivity contribution in [3.63, 3.8) is 0 Å². The molecule has 0 saturated carbocycles. The number of benzene rings is 1. The van der Waals surface area contributed by atoms with Gasteiger partial charge >= 0.3 is 86.3 Å². The van der Waals surface area contributed by atoms with Crippen molar-refractivity contribution in [1.82, 2.24) is 9.19 Å². The fraction of sp³-hybridized carbons (Fsp3) is 0.111. The van der Waals surface area contributed by atoms with Crippen molar-refractivity contribution in [2.75, 3.05) is 0 Å². The van der Waals surface area contributed by atoms with E-state index in [4.69, 9.17) is 0 Å². The minimum atomic E-state index is 0.274. The third-order valence-electron chi connectivity index (χ3n) is 2.06. The molecule has 64 valence electrons. The van der Waals surface area contributed by atoms with E-state index in [1.165, 1.54) is 14.9 Å². The molecule has 13 heavy (non-hydrogen) atoms. The van der Waals surface area contributed by atoms with Crippen molar-refractivity contribution in [2.45, 2.75) is 10.6 Å². The van der Waals surface area contributed by atoms with Gasteiger partial charge in [-0.2, -0.15) is 0 Å². The van der Waals surface area contributed by atoms with Crippen molar-refractivity contribution >= 4 is 26.5 Å². The average molecular weight is 253 g/mol. The predicted octanol–water partition coefficient (Wildman–Crippen LogP) is 1.81. The first kappa shape index (κ1) is 7.80. The summed E-state index contributed by atoms with van der Waals surface area (Å²) < 4.78 is 5.57. The average Bonchev–Trinajstić information content (AvgIpc) is 2.65. The van der Waals surface area contributed by atoms with Crippen LogP contribution in [0.4, 0.5) is 0 Å². The van der Waals surface area contributed by atoms with Crippen LogP contribution in [-0.4, -0.2) is 23.9 Å². The summed E-state index contributed by atoms with van der Waals surface area (Å²) in [6, 6.07) is 8.44. The van der Waals surface area contributed by atoms with Crippen LogP contribution in [0.2, 0.25) is 0 Å². The van der Waals surface area contributed by atoms with E-state index in [9.17, 15) is 0 Å². The van der Waals surface area contributed by atoms with E-state index in [2.05, 4.69) is 33.5 Å². The molecule has 1 aliphatic heterocycles. The number of fused-ring (bicyclic) bond motifs is 3. The minimum absolute atomic E-state index is 0.274. The molecule has 0 unspecified atom stereocenters. The Morgan fingerprint density at radius 1 is 1.31 bits per heavy atom. The van der Waals surface area contributed by atoms with E-state index in [0.29, 0.717) is 0 Å². The van der Waals surface area contributed by atoms with E-state index in [1.54, 1.807) is 0 Å². The molecule has 0 amide bonds. The zero-order valence-electron chi connectivity index (χ0n) is 6.73. The van der Waals surface area contributed by atoms with Crippen molar-refractivity contribution in [1.29, 1.82) is 0 Å². The number of hydrogen-bond acceptors (Lipinski definition) is 3. The molecular formula is C9H6N2SSe. The Morgan fingerprint density at radius 3 is 3.23 bits per heavy atom. The summed E-state index contributed by atoms with van der Waals surface area (Å²) in [6.45, 7) is 0. The molecule has 2 heterocycles. The van der Waals surface area contributed by atoms with E-state index >= 15 is 0 Å². The topological polar surface area (TPSA) is 25.8 Å². The fourth-order valence-electron chi connectivity index (χ4n) is 1.44. The number of thioether (sulfide) groups is 1. The summed E-state index contributed by atoms with van der Waals surface area (Å²) >= 11 is 2.18. The van der Waals surface area contributed by atoms with Gasteiger partial charge in [-0.25, -0.2) is 0 Å². The number of nitrogens with zero attached hydrogens (tertiary/aromatic N) is 2. The zero-order valence-corrected chi connectivity index (χ0v) is 9.26. The molecular weight excluding hydrogens is 247 g/mol. The first-order valence-electron chi connectivity index (χ1n) is 3.98. The van der Waals surface area contributed by atoms with Crippen LogP contribution in [0.1, 0.15) is 4.44 Å². The Hall–Kier alpha value is -0.571. The molecule has 0 saturated heterocycles. The van der Waals surface area contributed by atoms with Gasteiger partial charge in [-0.15, -0.1) is 0 Å². The van der Waals surface area contributed by atoms with Gasteiger partial charge in [0.1, 0.15) is 0 Å². The monoisotopic (exact) mass is 254 g/mol. The van der Waals surface area contributed by atoms with Gasteiger partial charge < -0.3 is 0 Å². The van der Waals surface area contributed by atoms with Gasteiger partial charge in [0.2, 0.25) is 0 Å². The standard InChI is InChI=1S/C9H6N2SSe/c1-2-4-7-6(3-1)9-8(5-12-7)13-11-10-9/h1-4H,5H2. The van der Waals surface area contributed by atoms with Crippen LogP contribution < -0.4 is 0 Å². The second-order valence-electron chi connectivity index (χ2n) is 2.83. The summed E-state index contributed by atoms with van der Waals surface area (Å²) in [4.78, 5) is 1.35. The van der Waals surface area contributed by atoms with Crippen LogP contribution in [0, 0.1) is 0 Å². The number of aromatic nitrogens is 2. The fourth-order valence-corrected chi connectivity index (χ4v) is 4.07. The molecule has 2 aromatic rings. The van der Waals surface area contributed by atoms with Gasteiger partial charge in [-0.1, -0.05) is 0 Å². The Labute approximate surface area is 86.4 Å². The summed E-state index contributed by atoms with van der Waals surface area (Å²) in [5.41, 5.74) is 2.42. The van der Waals surface area contributed by atoms with Crippen LogP contribution in [0.3, 0.4) is 0 Å². The molecule has 1 aromatic heterocycles. The van der Waals surface area contributed by atoms with Crippen LogP contribution in [-0.2, 0) is 5.75 Å². The summed E-state index contributed by atoms with van der Waals surface area (Å²) in [5.74, 6) is 1.08. The van der Waals surface area contributed by atoms with Gasteiger partial charge in [-0.05, 0) is 0 Å². The first-order valence-corrected chi connectivity index (χ1v) is 6.59. The Morgan fingerprint density at radius 2 is 2.23 bits per heavy atom. The molecule has 0 atom stereocenters. The molecule has 2 nitrogen and oxygen atoms in total. The van der Waals surface area contributed by atoms with Gasteiger partial charge in [0.15, 0.2) is 0 Å². The van der Waals surface area contributed by atoms with Crippen LogP contribution >= 0.6 is 11.8 Å². The number of hydrogen-bond donors (Lipinski definition) is 0. The third kappa shape index (κ3) is 1.17. The van der Waals surface area contributed by atoms with Crippen molar-refractivity contribution in [3.05, 3.63) is 28.7 Å². The normalized spacial score (nSPS) is 13.5. The van der Waals surface area contributed by atoms with E-state index in [-0.39, 0.29) is 14.7 Å². The molecule has 4 heteroatoms. The third-order valence-corrected chi connectivity index (χ3v) is 5.08. The van der Waals surface area contributed by atoms with Gasteiger partial charge in [-0.3, -0.25) is 0 Å². The molecule has 1 aliphatic rings. The molecule has 0 fully saturated rings. The van der Waals surface area contributed by atoms with Crippen LogP contribution in [0.25, 0.3) is 11.3 Å². The Balaban J connectivity index is 2.30.